The van der Waals surface area contributed by atoms with Crippen LogP contribution in [-0.2, 0) is 23.4 Å². The molecule has 13 heteroatoms. The second-order valence-corrected chi connectivity index (χ2v) is 16.7. The third-order valence-electron chi connectivity index (χ3n) is 11.5. The van der Waals surface area contributed by atoms with Gasteiger partial charge in [-0.1, -0.05) is 0 Å². The van der Waals surface area contributed by atoms with E-state index in [0.717, 1.165) is 78.4 Å². The highest BCUT2D eigenvalue weighted by atomic mass is 32.2. The number of fused-ring (bicyclic) bond motifs is 4. The molecule has 3 aromatic heterocycles. The fourth-order valence-corrected chi connectivity index (χ4v) is 9.68. The van der Waals surface area contributed by atoms with Gasteiger partial charge in [-0.3, -0.25) is 9.69 Å². The fourth-order valence-electron chi connectivity index (χ4n) is 8.45. The van der Waals surface area contributed by atoms with Crippen LogP contribution in [0.25, 0.3) is 33.6 Å². The number of anilines is 1. The van der Waals surface area contributed by atoms with Gasteiger partial charge in [-0.15, -0.1) is 0 Å². The van der Waals surface area contributed by atoms with E-state index < -0.39 is 9.84 Å². The topological polar surface area (TPSA) is 132 Å². The van der Waals surface area contributed by atoms with Crippen molar-refractivity contribution in [3.8, 4) is 17.3 Å². The van der Waals surface area contributed by atoms with Crippen LogP contribution >= 0.6 is 0 Å². The summed E-state index contributed by atoms with van der Waals surface area (Å²) in [7, 11) is 0.768. The number of nitrogens with two attached hydrogens (primary N) is 1. The first-order valence-corrected chi connectivity index (χ1v) is 18.8. The molecule has 2 saturated carbocycles. The zero-order valence-corrected chi connectivity index (χ0v) is 27.8. The van der Waals surface area contributed by atoms with Crippen molar-refractivity contribution >= 4 is 43.6 Å². The zero-order valence-electron chi connectivity index (χ0n) is 27.0. The van der Waals surface area contributed by atoms with Gasteiger partial charge in [-0.25, -0.2) is 18.4 Å². The van der Waals surface area contributed by atoms with Crippen LogP contribution in [0.1, 0.15) is 36.0 Å². The lowest BCUT2D eigenvalue weighted by Gasteiger charge is -2.47. The summed E-state index contributed by atoms with van der Waals surface area (Å²) in [5, 5.41) is 1.07. The van der Waals surface area contributed by atoms with Gasteiger partial charge in [0.05, 0.1) is 29.8 Å². The summed E-state index contributed by atoms with van der Waals surface area (Å²) in [5.41, 5.74) is 10.6. The van der Waals surface area contributed by atoms with E-state index in [-0.39, 0.29) is 29.5 Å². The molecule has 12 nitrogen and oxygen atoms in total. The molecule has 6 heterocycles. The van der Waals surface area contributed by atoms with Crippen molar-refractivity contribution in [1.82, 2.24) is 28.9 Å². The normalized spacial score (nSPS) is 26.1. The van der Waals surface area contributed by atoms with Gasteiger partial charge in [-0.2, -0.15) is 0 Å². The summed E-state index contributed by atoms with van der Waals surface area (Å²) in [5.74, 6) is 3.91. The second kappa shape index (κ2) is 10.7. The molecule has 47 heavy (non-hydrogen) atoms. The van der Waals surface area contributed by atoms with E-state index in [1.165, 1.54) is 12.8 Å². The molecule has 1 aromatic carbocycles. The Morgan fingerprint density at radius 1 is 1.02 bits per heavy atom. The number of nitrogens with zero attached hydrogens (tertiary/aromatic N) is 7. The van der Waals surface area contributed by atoms with Crippen LogP contribution in [-0.4, -0.2) is 113 Å². The Balaban J connectivity index is 1.04. The molecule has 4 aromatic rings. The number of sulfone groups is 1. The van der Waals surface area contributed by atoms with Gasteiger partial charge in [0.1, 0.15) is 22.7 Å². The molecule has 5 aliphatic rings. The van der Waals surface area contributed by atoms with Crippen LogP contribution in [0.15, 0.2) is 30.3 Å². The Morgan fingerprint density at radius 3 is 2.49 bits per heavy atom. The van der Waals surface area contributed by atoms with Gasteiger partial charge < -0.3 is 29.4 Å². The van der Waals surface area contributed by atoms with E-state index in [9.17, 15) is 13.2 Å². The van der Waals surface area contributed by atoms with Crippen molar-refractivity contribution < 1.29 is 17.9 Å². The van der Waals surface area contributed by atoms with Gasteiger partial charge in [-0.05, 0) is 67.9 Å². The third-order valence-corrected chi connectivity index (χ3v) is 13.1. The number of aromatic nitrogens is 4. The molecule has 2 unspecified atom stereocenters. The molecule has 5 fully saturated rings. The van der Waals surface area contributed by atoms with Crippen LogP contribution in [0.2, 0.25) is 0 Å². The van der Waals surface area contributed by atoms with Crippen molar-refractivity contribution in [2.75, 3.05) is 56.2 Å². The number of benzene rings is 1. The Hall–Kier alpha value is -3.68. The average molecular weight is 659 g/mol. The van der Waals surface area contributed by atoms with Crippen molar-refractivity contribution in [2.24, 2.45) is 24.6 Å². The Kier molecular flexibility index (Phi) is 6.68. The molecule has 0 spiro atoms. The number of rotatable bonds is 7. The zero-order chi connectivity index (χ0) is 32.2. The van der Waals surface area contributed by atoms with Gasteiger partial charge in [0.15, 0.2) is 15.7 Å². The molecular formula is C34H42N8O4S. The van der Waals surface area contributed by atoms with Gasteiger partial charge in [0.2, 0.25) is 0 Å². The number of amides is 1. The Morgan fingerprint density at radius 2 is 1.81 bits per heavy atom. The van der Waals surface area contributed by atoms with E-state index in [1.54, 1.807) is 7.11 Å². The van der Waals surface area contributed by atoms with Gasteiger partial charge in [0, 0.05) is 75.4 Å². The van der Waals surface area contributed by atoms with Crippen LogP contribution in [0, 0.1) is 11.8 Å². The van der Waals surface area contributed by atoms with E-state index in [0.29, 0.717) is 42.3 Å². The summed E-state index contributed by atoms with van der Waals surface area (Å²) in [6.45, 7) is 4.53. The number of aryl methyl sites for hydroxylation is 1. The lowest BCUT2D eigenvalue weighted by molar-refractivity contribution is 0.0700. The number of imidazole rings is 1. The molecule has 2 aliphatic carbocycles. The minimum Gasteiger partial charge on any atom is -0.494 e. The van der Waals surface area contributed by atoms with Crippen molar-refractivity contribution in [3.63, 3.8) is 0 Å². The van der Waals surface area contributed by atoms with Gasteiger partial charge in [0.25, 0.3) is 5.91 Å². The number of ether oxygens (including phenoxy) is 1. The SMILES string of the molecule is COc1cc(C(=O)N2CC3CCC2[C@@H]3N)cc2nc(-c3cc4ccc(N5CC(N6CCS(=O)(=O)CC6)C5)nc4n3CC3CC3)n(C)c12. The molecule has 2 bridgehead atoms. The van der Waals surface area contributed by atoms with Gasteiger partial charge >= 0.3 is 0 Å². The number of carbonyl (C=O) groups excluding carboxylic acids is 1. The summed E-state index contributed by atoms with van der Waals surface area (Å²) in [6, 6.07) is 10.7. The quantitative estimate of drug-likeness (QED) is 0.318. The molecule has 3 atom stereocenters. The molecule has 248 valence electrons. The first kappa shape index (κ1) is 29.5. The molecular weight excluding hydrogens is 616 g/mol. The summed E-state index contributed by atoms with van der Waals surface area (Å²) in [6.07, 6.45) is 4.48. The number of carbonyl (C=O) groups is 1. The van der Waals surface area contributed by atoms with Crippen molar-refractivity contribution in [2.45, 2.75) is 50.4 Å². The summed E-state index contributed by atoms with van der Waals surface area (Å²) in [4.78, 5) is 30.7. The van der Waals surface area contributed by atoms with Crippen LogP contribution in [0.5, 0.6) is 5.75 Å². The number of hydrogen-bond acceptors (Lipinski definition) is 9. The number of pyridine rings is 1. The lowest BCUT2D eigenvalue weighted by Crippen LogP contribution is -2.62. The van der Waals surface area contributed by atoms with E-state index >= 15 is 0 Å². The standard InChI is InChI=1S/C34H42N8O4S/c1-38-31-25(13-23(15-28(31)46-2)34(43)42-17-22-5-7-26(42)30(22)35)36-33(38)27-14-21-6-8-29(37-32(21)41(27)16-20-3-4-20)40-18-24(19-40)39-9-11-47(44,45)12-10-39/h6,8,13-15,20,22,24,26,30H,3-5,7,9-12,16-19,35H2,1-2H3/t22?,26?,30-/m1/s1. The third kappa shape index (κ3) is 4.83. The fraction of sp³-hybridized carbons (Fsp3) is 0.559. The van der Waals surface area contributed by atoms with E-state index in [1.807, 2.05) is 24.1 Å². The second-order valence-electron chi connectivity index (χ2n) is 14.4. The smallest absolute Gasteiger partial charge is 0.254 e. The minimum atomic E-state index is -2.89. The lowest BCUT2D eigenvalue weighted by atomic mass is 10.1. The van der Waals surface area contributed by atoms with Crippen LogP contribution in [0.4, 0.5) is 5.82 Å². The maximum atomic E-state index is 13.7. The molecule has 1 amide bonds. The predicted molar refractivity (Wildman–Crippen MR) is 180 cm³/mol. The highest BCUT2D eigenvalue weighted by molar-refractivity contribution is 7.91. The average Bonchev–Trinajstić information content (AvgIpc) is 3.45. The van der Waals surface area contributed by atoms with E-state index in [2.05, 4.69) is 37.1 Å². The maximum absolute atomic E-state index is 13.7. The minimum absolute atomic E-state index is 0.00168. The molecule has 0 radical (unpaired) electrons. The molecule has 3 saturated heterocycles. The number of likely N-dealkylation sites (tertiary alicyclic amines) is 1. The van der Waals surface area contributed by atoms with E-state index in [4.69, 9.17) is 20.4 Å². The monoisotopic (exact) mass is 658 g/mol. The number of methoxy groups -OCH3 is 1. The Labute approximate surface area is 274 Å². The highest BCUT2D eigenvalue weighted by Crippen LogP contribution is 2.40. The molecule has 2 N–H and O–H groups in total. The maximum Gasteiger partial charge on any atom is 0.254 e. The van der Waals surface area contributed by atoms with Crippen molar-refractivity contribution in [3.05, 3.63) is 35.9 Å². The number of piperidine rings is 1. The number of hydrogen-bond donors (Lipinski definition) is 1. The van der Waals surface area contributed by atoms with Crippen LogP contribution < -0.4 is 15.4 Å². The molecule has 9 rings (SSSR count). The predicted octanol–water partition coefficient (Wildman–Crippen LogP) is 2.49. The largest absolute Gasteiger partial charge is 0.494 e. The summed E-state index contributed by atoms with van der Waals surface area (Å²) >= 11 is 0. The first-order chi connectivity index (χ1) is 22.7. The highest BCUT2D eigenvalue weighted by Gasteiger charge is 2.47. The van der Waals surface area contributed by atoms with Crippen LogP contribution in [0.3, 0.4) is 0 Å². The van der Waals surface area contributed by atoms with Crippen molar-refractivity contribution in [1.29, 1.82) is 0 Å². The first-order valence-electron chi connectivity index (χ1n) is 17.0. The summed E-state index contributed by atoms with van der Waals surface area (Å²) < 4.78 is 34.1. The Bertz CT molecular complexity index is 2010. The molecule has 3 aliphatic heterocycles.